The van der Waals surface area contributed by atoms with Crippen molar-refractivity contribution in [3.05, 3.63) is 98.2 Å². The number of hydrogen-bond acceptors (Lipinski definition) is 9. The van der Waals surface area contributed by atoms with E-state index in [0.717, 1.165) is 27.6 Å². The molecule has 7 nitrogen and oxygen atoms in total. The van der Waals surface area contributed by atoms with E-state index in [2.05, 4.69) is 15.2 Å². The minimum Gasteiger partial charge on any atom is -0.503 e. The number of Topliss-reactive ketones (excluding diaryl/α,β-unsaturated/α-hetero) is 1. The molecule has 0 saturated heterocycles. The molecule has 2 aromatic heterocycles. The van der Waals surface area contributed by atoms with Crippen LogP contribution in [0.1, 0.15) is 37.5 Å². The summed E-state index contributed by atoms with van der Waals surface area (Å²) in [4.78, 5) is 32.5. The number of aromatic nitrogens is 3. The van der Waals surface area contributed by atoms with Gasteiger partial charge in [0.1, 0.15) is 17.7 Å². The van der Waals surface area contributed by atoms with Gasteiger partial charge >= 0.3 is 0 Å². The molecule has 0 radical (unpaired) electrons. The smallest absolute Gasteiger partial charge is 0.296 e. The number of thioether (sulfide) groups is 1. The Bertz CT molecular complexity index is 1570. The number of benzene rings is 2. The number of aliphatic hydroxyl groups excluding tert-OH is 1. The van der Waals surface area contributed by atoms with Gasteiger partial charge in [0.2, 0.25) is 10.9 Å². The predicted octanol–water partition coefficient (Wildman–Crippen LogP) is 5.96. The lowest BCUT2D eigenvalue weighted by molar-refractivity contribution is -0.117. The van der Waals surface area contributed by atoms with Crippen LogP contribution in [0, 0.1) is 25.5 Å². The molecule has 4 aromatic rings. The molecule has 1 aliphatic heterocycles. The third kappa shape index (κ3) is 4.67. The molecular weight excluding hydrogens is 538 g/mol. The molecule has 2 aromatic carbocycles. The van der Waals surface area contributed by atoms with Gasteiger partial charge in [0.15, 0.2) is 10.1 Å². The topological polar surface area (TPSA) is 96.3 Å². The molecule has 12 heteroatoms. The zero-order valence-corrected chi connectivity index (χ0v) is 21.9. The van der Waals surface area contributed by atoms with E-state index in [-0.39, 0.29) is 32.7 Å². The van der Waals surface area contributed by atoms with Crippen molar-refractivity contribution in [1.82, 2.24) is 15.2 Å². The van der Waals surface area contributed by atoms with Crippen molar-refractivity contribution in [1.29, 1.82) is 0 Å². The number of ketones is 1. The van der Waals surface area contributed by atoms with E-state index >= 15 is 4.39 Å². The zero-order valence-electron chi connectivity index (χ0n) is 19.4. The average molecular weight is 557 g/mol. The largest absolute Gasteiger partial charge is 0.503 e. The second kappa shape index (κ2) is 10.1. The molecule has 1 N–H and O–H groups in total. The molecule has 0 bridgehead atoms. The quantitative estimate of drug-likeness (QED) is 0.170. The molecule has 1 unspecified atom stereocenters. The first-order valence-corrected chi connectivity index (χ1v) is 13.6. The Morgan fingerprint density at radius 1 is 1.05 bits per heavy atom. The Labute approximate surface area is 222 Å². The molecule has 1 atom stereocenters. The maximum absolute atomic E-state index is 15.0. The third-order valence-electron chi connectivity index (χ3n) is 5.67. The van der Waals surface area contributed by atoms with E-state index in [0.29, 0.717) is 20.6 Å². The standard InChI is InChI=1S/C25H18F2N4O3S3/c1-12-22(36-13(2)28-12)20(32)18-19(15-8-4-6-10-17(15)27)31(23(34)21(18)33)24-29-30-25(37-24)35-11-14-7-3-5-9-16(14)26/h3-10,19,33H,11H2,1-2H3. The molecule has 37 heavy (non-hydrogen) atoms. The monoisotopic (exact) mass is 556 g/mol. The van der Waals surface area contributed by atoms with Crippen molar-refractivity contribution in [2.75, 3.05) is 4.90 Å². The molecule has 3 heterocycles. The number of carbonyl (C=O) groups is 2. The van der Waals surface area contributed by atoms with Gasteiger partial charge in [-0.15, -0.1) is 21.5 Å². The Kier molecular flexibility index (Phi) is 6.88. The van der Waals surface area contributed by atoms with Crippen LogP contribution in [-0.2, 0) is 10.5 Å². The molecule has 0 saturated carbocycles. The highest BCUT2D eigenvalue weighted by Crippen LogP contribution is 2.45. The lowest BCUT2D eigenvalue weighted by atomic mass is 9.95. The summed E-state index contributed by atoms with van der Waals surface area (Å²) in [7, 11) is 0. The van der Waals surface area contributed by atoms with E-state index in [1.165, 1.54) is 36.0 Å². The van der Waals surface area contributed by atoms with Crippen molar-refractivity contribution >= 4 is 51.3 Å². The van der Waals surface area contributed by atoms with Crippen LogP contribution in [0.4, 0.5) is 13.9 Å². The van der Waals surface area contributed by atoms with Gasteiger partial charge in [-0.3, -0.25) is 14.5 Å². The van der Waals surface area contributed by atoms with Gasteiger partial charge in [0, 0.05) is 11.3 Å². The number of halogens is 2. The zero-order chi connectivity index (χ0) is 26.3. The predicted molar refractivity (Wildman–Crippen MR) is 138 cm³/mol. The second-order valence-electron chi connectivity index (χ2n) is 8.07. The van der Waals surface area contributed by atoms with E-state index < -0.39 is 29.3 Å². The Balaban J connectivity index is 1.53. The lowest BCUT2D eigenvalue weighted by Crippen LogP contribution is -2.31. The van der Waals surface area contributed by atoms with Crippen LogP contribution in [0.25, 0.3) is 0 Å². The van der Waals surface area contributed by atoms with Crippen LogP contribution < -0.4 is 4.90 Å². The van der Waals surface area contributed by atoms with Crippen molar-refractivity contribution < 1.29 is 23.5 Å². The number of nitrogens with zero attached hydrogens (tertiary/aromatic N) is 4. The summed E-state index contributed by atoms with van der Waals surface area (Å²) in [6.45, 7) is 3.40. The number of aliphatic hydroxyl groups is 1. The van der Waals surface area contributed by atoms with Gasteiger partial charge in [-0.25, -0.2) is 13.8 Å². The third-order valence-corrected chi connectivity index (χ3v) is 8.85. The number of carbonyl (C=O) groups excluding carboxylic acids is 2. The van der Waals surface area contributed by atoms with E-state index in [1.807, 2.05) is 0 Å². The average Bonchev–Trinajstić information content (AvgIpc) is 3.54. The highest BCUT2D eigenvalue weighted by atomic mass is 32.2. The minimum absolute atomic E-state index is 0.0258. The van der Waals surface area contributed by atoms with E-state index in [1.54, 1.807) is 38.1 Å². The van der Waals surface area contributed by atoms with E-state index in [9.17, 15) is 19.1 Å². The SMILES string of the molecule is Cc1nc(C)c(C(=O)C2=C(O)C(=O)N(c3nnc(SCc4ccccc4F)s3)C2c2ccccc2F)s1. The highest BCUT2D eigenvalue weighted by Gasteiger charge is 2.47. The van der Waals surface area contributed by atoms with Crippen LogP contribution in [0.15, 0.2) is 64.2 Å². The summed E-state index contributed by atoms with van der Waals surface area (Å²) >= 11 is 3.38. The fraction of sp³-hybridized carbons (Fsp3) is 0.160. The van der Waals surface area contributed by atoms with Crippen LogP contribution in [-0.4, -0.2) is 32.0 Å². The van der Waals surface area contributed by atoms with Gasteiger partial charge in [0.25, 0.3) is 5.91 Å². The molecule has 0 fully saturated rings. The molecular formula is C25H18F2N4O3S3. The highest BCUT2D eigenvalue weighted by molar-refractivity contribution is 8.00. The normalized spacial score (nSPS) is 15.6. The van der Waals surface area contributed by atoms with Gasteiger partial charge in [-0.2, -0.15) is 0 Å². The van der Waals surface area contributed by atoms with Crippen LogP contribution in [0.3, 0.4) is 0 Å². The van der Waals surface area contributed by atoms with Gasteiger partial charge in [-0.05, 0) is 31.5 Å². The van der Waals surface area contributed by atoms with Crippen molar-refractivity contribution in [2.45, 2.75) is 30.0 Å². The summed E-state index contributed by atoms with van der Waals surface area (Å²) < 4.78 is 29.5. The number of aryl methyl sites for hydroxylation is 2. The first-order chi connectivity index (χ1) is 17.8. The van der Waals surface area contributed by atoms with Crippen LogP contribution in [0.5, 0.6) is 0 Å². The summed E-state index contributed by atoms with van der Waals surface area (Å²) in [5.41, 5.74) is 0.706. The minimum atomic E-state index is -1.26. The molecule has 5 rings (SSSR count). The Hall–Kier alpha value is -3.48. The first-order valence-electron chi connectivity index (χ1n) is 11.0. The number of amides is 1. The molecule has 1 aliphatic rings. The number of rotatable bonds is 7. The fourth-order valence-corrected chi connectivity index (χ4v) is 6.73. The fourth-order valence-electron chi connectivity index (χ4n) is 4.00. The molecule has 188 valence electrons. The van der Waals surface area contributed by atoms with Crippen molar-refractivity contribution in [2.24, 2.45) is 0 Å². The maximum Gasteiger partial charge on any atom is 0.296 e. The van der Waals surface area contributed by atoms with Crippen molar-refractivity contribution in [3.63, 3.8) is 0 Å². The second-order valence-corrected chi connectivity index (χ2v) is 11.5. The summed E-state index contributed by atoms with van der Waals surface area (Å²) in [5.74, 6) is -3.00. The molecule has 0 spiro atoms. The summed E-state index contributed by atoms with van der Waals surface area (Å²) in [5, 5.41) is 19.8. The maximum atomic E-state index is 15.0. The summed E-state index contributed by atoms with van der Waals surface area (Å²) in [6.07, 6.45) is 0. The Morgan fingerprint density at radius 3 is 2.43 bits per heavy atom. The van der Waals surface area contributed by atoms with E-state index in [4.69, 9.17) is 0 Å². The van der Waals surface area contributed by atoms with Crippen LogP contribution >= 0.6 is 34.4 Å². The number of anilines is 1. The van der Waals surface area contributed by atoms with Gasteiger partial charge in [0.05, 0.1) is 21.2 Å². The molecule has 1 amide bonds. The van der Waals surface area contributed by atoms with Crippen molar-refractivity contribution in [3.8, 4) is 0 Å². The number of thiazole rings is 1. The van der Waals surface area contributed by atoms with Gasteiger partial charge < -0.3 is 5.11 Å². The number of hydrogen-bond donors (Lipinski definition) is 1. The molecule has 0 aliphatic carbocycles. The summed E-state index contributed by atoms with van der Waals surface area (Å²) in [6, 6.07) is 10.8. The first kappa shape index (κ1) is 25.2. The lowest BCUT2D eigenvalue weighted by Gasteiger charge is -2.24. The van der Waals surface area contributed by atoms with Crippen LogP contribution in [0.2, 0.25) is 0 Å². The van der Waals surface area contributed by atoms with Gasteiger partial charge in [-0.1, -0.05) is 59.5 Å². The Morgan fingerprint density at radius 2 is 1.76 bits per heavy atom.